The second-order valence-electron chi connectivity index (χ2n) is 3.86. The van der Waals surface area contributed by atoms with Crippen LogP contribution in [0.5, 0.6) is 0 Å². The minimum absolute atomic E-state index is 0.00727. The SMILES string of the molecule is CCOC(=O)C1=CCN(SI)C1c1ccccc1. The maximum Gasteiger partial charge on any atom is 0.335 e. The first-order chi connectivity index (χ1) is 8.77. The number of hydrogen-bond acceptors (Lipinski definition) is 4. The molecule has 0 saturated heterocycles. The molecule has 1 aromatic rings. The maximum atomic E-state index is 12.0. The predicted molar refractivity (Wildman–Crippen MR) is 82.2 cm³/mol. The van der Waals surface area contributed by atoms with Crippen molar-refractivity contribution in [2.45, 2.75) is 13.0 Å². The van der Waals surface area contributed by atoms with Gasteiger partial charge in [0.25, 0.3) is 0 Å². The minimum atomic E-state index is -0.209. The highest BCUT2D eigenvalue weighted by atomic mass is 127. The van der Waals surface area contributed by atoms with Crippen molar-refractivity contribution in [3.8, 4) is 0 Å². The fraction of sp³-hybridized carbons (Fsp3) is 0.308. The normalized spacial score (nSPS) is 19.7. The van der Waals surface area contributed by atoms with E-state index in [0.717, 1.165) is 17.7 Å². The van der Waals surface area contributed by atoms with Gasteiger partial charge in [-0.3, -0.25) is 0 Å². The van der Waals surface area contributed by atoms with E-state index in [1.54, 1.807) is 9.12 Å². The second kappa shape index (κ2) is 6.58. The Bertz CT molecular complexity index is 450. The molecule has 1 aromatic carbocycles. The predicted octanol–water partition coefficient (Wildman–Crippen LogP) is 3.53. The van der Waals surface area contributed by atoms with Crippen molar-refractivity contribution in [3.05, 3.63) is 47.5 Å². The molecular formula is C13H14INO2S. The summed E-state index contributed by atoms with van der Waals surface area (Å²) in [6.07, 6.45) is 1.96. The van der Waals surface area contributed by atoms with Crippen molar-refractivity contribution in [1.82, 2.24) is 4.31 Å². The van der Waals surface area contributed by atoms with Crippen molar-refractivity contribution in [2.75, 3.05) is 13.2 Å². The van der Waals surface area contributed by atoms with E-state index in [1.165, 1.54) is 0 Å². The van der Waals surface area contributed by atoms with E-state index in [4.69, 9.17) is 4.74 Å². The molecule has 0 radical (unpaired) electrons. The van der Waals surface area contributed by atoms with E-state index >= 15 is 0 Å². The topological polar surface area (TPSA) is 29.5 Å². The smallest absolute Gasteiger partial charge is 0.335 e. The molecule has 1 aliphatic rings. The molecule has 1 aliphatic heterocycles. The largest absolute Gasteiger partial charge is 0.463 e. The number of esters is 1. The Morgan fingerprint density at radius 3 is 2.83 bits per heavy atom. The van der Waals surface area contributed by atoms with Crippen LogP contribution in [-0.2, 0) is 9.53 Å². The molecule has 1 heterocycles. The molecule has 0 saturated carbocycles. The van der Waals surface area contributed by atoms with Gasteiger partial charge >= 0.3 is 5.97 Å². The zero-order valence-corrected chi connectivity index (χ0v) is 13.0. The lowest BCUT2D eigenvalue weighted by Gasteiger charge is -2.23. The summed E-state index contributed by atoms with van der Waals surface area (Å²) in [4.78, 5) is 12.0. The molecule has 0 spiro atoms. The molecule has 2 rings (SSSR count). The Morgan fingerprint density at radius 2 is 2.22 bits per heavy atom. The van der Waals surface area contributed by atoms with Crippen LogP contribution in [0, 0.1) is 0 Å². The molecule has 0 amide bonds. The third-order valence-corrected chi connectivity index (χ3v) is 4.84. The van der Waals surface area contributed by atoms with Gasteiger partial charge in [0.05, 0.1) is 18.2 Å². The third-order valence-electron chi connectivity index (χ3n) is 2.79. The van der Waals surface area contributed by atoms with E-state index in [2.05, 4.69) is 25.5 Å². The van der Waals surface area contributed by atoms with E-state index in [-0.39, 0.29) is 12.0 Å². The first-order valence-corrected chi connectivity index (χ1v) is 9.07. The third kappa shape index (κ3) is 2.89. The summed E-state index contributed by atoms with van der Waals surface area (Å²) < 4.78 is 7.29. The average molecular weight is 375 g/mol. The second-order valence-corrected chi connectivity index (χ2v) is 5.65. The van der Waals surface area contributed by atoms with Crippen LogP contribution in [0.3, 0.4) is 0 Å². The van der Waals surface area contributed by atoms with Gasteiger partial charge in [0.2, 0.25) is 0 Å². The van der Waals surface area contributed by atoms with Crippen LogP contribution < -0.4 is 0 Å². The molecular weight excluding hydrogens is 361 g/mol. The van der Waals surface area contributed by atoms with E-state index < -0.39 is 0 Å². The monoisotopic (exact) mass is 375 g/mol. The fourth-order valence-electron chi connectivity index (χ4n) is 2.02. The number of nitrogens with zero attached hydrogens (tertiary/aromatic N) is 1. The lowest BCUT2D eigenvalue weighted by atomic mass is 10.0. The summed E-state index contributed by atoms with van der Waals surface area (Å²) >= 11 is 2.24. The Kier molecular flexibility index (Phi) is 5.08. The van der Waals surface area contributed by atoms with Crippen LogP contribution in [0.25, 0.3) is 0 Å². The van der Waals surface area contributed by atoms with Gasteiger partial charge in [0.15, 0.2) is 0 Å². The Hall–Kier alpha value is -0.530. The van der Waals surface area contributed by atoms with E-state index in [1.807, 2.05) is 43.3 Å². The number of hydrogen-bond donors (Lipinski definition) is 0. The quantitative estimate of drug-likeness (QED) is 0.458. The molecule has 1 atom stereocenters. The molecule has 0 fully saturated rings. The summed E-state index contributed by atoms with van der Waals surface area (Å²) in [5.41, 5.74) is 1.87. The molecule has 1 unspecified atom stereocenters. The Morgan fingerprint density at radius 1 is 1.50 bits per heavy atom. The average Bonchev–Trinajstić information content (AvgIpc) is 2.83. The molecule has 0 bridgehead atoms. The number of halogens is 1. The number of carbonyl (C=O) groups is 1. The van der Waals surface area contributed by atoms with Gasteiger partial charge in [-0.15, -0.1) is 0 Å². The van der Waals surface area contributed by atoms with Crippen LogP contribution in [-0.4, -0.2) is 23.4 Å². The van der Waals surface area contributed by atoms with Crippen LogP contribution in [0.15, 0.2) is 42.0 Å². The highest BCUT2D eigenvalue weighted by Crippen LogP contribution is 2.40. The van der Waals surface area contributed by atoms with E-state index in [9.17, 15) is 4.79 Å². The molecule has 5 heteroatoms. The standard InChI is InChI=1S/C13H14INO2S/c1-2-17-13(16)11-8-9-15(18-14)12(11)10-6-4-3-5-7-10/h3-8,12H,2,9H2,1H3. The molecule has 0 aromatic heterocycles. The zero-order chi connectivity index (χ0) is 13.0. The number of carbonyl (C=O) groups excluding carboxylic acids is 1. The van der Waals surface area contributed by atoms with Crippen molar-refractivity contribution >= 4 is 36.3 Å². The number of rotatable bonds is 4. The Labute approximate surface area is 123 Å². The lowest BCUT2D eigenvalue weighted by Crippen LogP contribution is -2.21. The van der Waals surface area contributed by atoms with Crippen molar-refractivity contribution in [3.63, 3.8) is 0 Å². The van der Waals surface area contributed by atoms with Gasteiger partial charge < -0.3 is 4.74 Å². The Balaban J connectivity index is 2.27. The molecule has 18 heavy (non-hydrogen) atoms. The number of benzene rings is 1. The molecule has 96 valence electrons. The van der Waals surface area contributed by atoms with Crippen molar-refractivity contribution in [2.24, 2.45) is 0 Å². The highest BCUT2D eigenvalue weighted by molar-refractivity contribution is 14.2. The highest BCUT2D eigenvalue weighted by Gasteiger charge is 2.33. The van der Waals surface area contributed by atoms with Gasteiger partial charge in [0.1, 0.15) is 0 Å². The summed E-state index contributed by atoms with van der Waals surface area (Å²) in [5, 5.41) is 0. The molecule has 0 aliphatic carbocycles. The van der Waals surface area contributed by atoms with Crippen molar-refractivity contribution in [1.29, 1.82) is 0 Å². The van der Waals surface area contributed by atoms with Crippen LogP contribution in [0.2, 0.25) is 0 Å². The van der Waals surface area contributed by atoms with Gasteiger partial charge in [0, 0.05) is 27.8 Å². The van der Waals surface area contributed by atoms with Crippen LogP contribution >= 0.6 is 30.3 Å². The molecule has 0 N–H and O–H groups in total. The fourth-order valence-corrected chi connectivity index (χ4v) is 3.63. The zero-order valence-electron chi connectivity index (χ0n) is 10.0. The van der Waals surface area contributed by atoms with Gasteiger partial charge in [-0.25, -0.2) is 9.10 Å². The first-order valence-electron chi connectivity index (χ1n) is 5.75. The van der Waals surface area contributed by atoms with Crippen molar-refractivity contribution < 1.29 is 9.53 Å². The summed E-state index contributed by atoms with van der Waals surface area (Å²) in [6, 6.07) is 10.0. The first kappa shape index (κ1) is 13.9. The van der Waals surface area contributed by atoms with Gasteiger partial charge in [-0.05, 0) is 21.6 Å². The summed E-state index contributed by atoms with van der Waals surface area (Å²) in [6.45, 7) is 3.01. The maximum absolute atomic E-state index is 12.0. The van der Waals surface area contributed by atoms with Crippen LogP contribution in [0.4, 0.5) is 0 Å². The summed E-state index contributed by atoms with van der Waals surface area (Å²) in [5.74, 6) is -0.209. The van der Waals surface area contributed by atoms with Gasteiger partial charge in [-0.2, -0.15) is 0 Å². The lowest BCUT2D eigenvalue weighted by molar-refractivity contribution is -0.138. The van der Waals surface area contributed by atoms with Gasteiger partial charge in [-0.1, -0.05) is 36.4 Å². The number of ether oxygens (including phenoxy) is 1. The molecule has 3 nitrogen and oxygen atoms in total. The minimum Gasteiger partial charge on any atom is -0.463 e. The van der Waals surface area contributed by atoms with Crippen LogP contribution in [0.1, 0.15) is 18.5 Å². The summed E-state index contributed by atoms with van der Waals surface area (Å²) in [7, 11) is 1.62. The van der Waals surface area contributed by atoms with E-state index in [0.29, 0.717) is 6.61 Å².